The van der Waals surface area contributed by atoms with Gasteiger partial charge in [-0.1, -0.05) is 12.1 Å². The number of anilines is 1. The summed E-state index contributed by atoms with van der Waals surface area (Å²) in [5, 5.41) is 3.74. The first-order valence-electron chi connectivity index (χ1n) is 7.73. The quantitative estimate of drug-likeness (QED) is 0.897. The van der Waals surface area contributed by atoms with Crippen LogP contribution in [0.1, 0.15) is 36.8 Å². The molecule has 3 nitrogen and oxygen atoms in total. The SMILES string of the molecule is Cc1cccc(NC2CCOC3(CCOCC3)C2)c1C. The van der Waals surface area contributed by atoms with Crippen molar-refractivity contribution >= 4 is 5.69 Å². The molecule has 20 heavy (non-hydrogen) atoms. The molecule has 1 atom stereocenters. The molecule has 0 aliphatic carbocycles. The Morgan fingerprint density at radius 2 is 1.95 bits per heavy atom. The van der Waals surface area contributed by atoms with E-state index in [0.717, 1.165) is 45.5 Å². The van der Waals surface area contributed by atoms with Crippen LogP contribution in [0.4, 0.5) is 5.69 Å². The molecular formula is C17H25NO2. The van der Waals surface area contributed by atoms with Crippen molar-refractivity contribution in [2.24, 2.45) is 0 Å². The molecule has 2 aliphatic rings. The van der Waals surface area contributed by atoms with Gasteiger partial charge < -0.3 is 14.8 Å². The fourth-order valence-corrected chi connectivity index (χ4v) is 3.37. The molecular weight excluding hydrogens is 250 g/mol. The topological polar surface area (TPSA) is 30.5 Å². The Labute approximate surface area is 121 Å². The van der Waals surface area contributed by atoms with E-state index < -0.39 is 0 Å². The number of aryl methyl sites for hydroxylation is 1. The summed E-state index contributed by atoms with van der Waals surface area (Å²) in [4.78, 5) is 0. The Balaban J connectivity index is 1.69. The molecule has 3 heteroatoms. The van der Waals surface area contributed by atoms with Crippen molar-refractivity contribution in [1.29, 1.82) is 0 Å². The van der Waals surface area contributed by atoms with E-state index in [0.29, 0.717) is 6.04 Å². The number of rotatable bonds is 2. The Morgan fingerprint density at radius 1 is 1.15 bits per heavy atom. The van der Waals surface area contributed by atoms with Crippen molar-refractivity contribution in [1.82, 2.24) is 0 Å². The van der Waals surface area contributed by atoms with Gasteiger partial charge in [-0.05, 0) is 56.7 Å². The monoisotopic (exact) mass is 275 g/mol. The fraction of sp³-hybridized carbons (Fsp3) is 0.647. The highest BCUT2D eigenvalue weighted by atomic mass is 16.5. The molecule has 1 aromatic carbocycles. The van der Waals surface area contributed by atoms with Crippen LogP contribution in [0.15, 0.2) is 18.2 Å². The van der Waals surface area contributed by atoms with E-state index in [-0.39, 0.29) is 5.60 Å². The van der Waals surface area contributed by atoms with Crippen LogP contribution in [0.5, 0.6) is 0 Å². The molecule has 3 rings (SSSR count). The minimum Gasteiger partial charge on any atom is -0.382 e. The first-order chi connectivity index (χ1) is 9.69. The number of benzene rings is 1. The standard InChI is InChI=1S/C17H25NO2/c1-13-4-3-5-16(14(13)2)18-15-6-9-20-17(12-15)7-10-19-11-8-17/h3-5,15,18H,6-12H2,1-2H3. The van der Waals surface area contributed by atoms with E-state index in [1.54, 1.807) is 0 Å². The minimum absolute atomic E-state index is 0.0614. The second-order valence-electron chi connectivity index (χ2n) is 6.23. The maximum Gasteiger partial charge on any atom is 0.0745 e. The van der Waals surface area contributed by atoms with E-state index in [9.17, 15) is 0 Å². The smallest absolute Gasteiger partial charge is 0.0745 e. The van der Waals surface area contributed by atoms with Crippen molar-refractivity contribution in [3.8, 4) is 0 Å². The predicted molar refractivity (Wildman–Crippen MR) is 81.3 cm³/mol. The fourth-order valence-electron chi connectivity index (χ4n) is 3.37. The molecule has 2 aliphatic heterocycles. The summed E-state index contributed by atoms with van der Waals surface area (Å²) in [7, 11) is 0. The summed E-state index contributed by atoms with van der Waals surface area (Å²) in [6.07, 6.45) is 4.27. The minimum atomic E-state index is 0.0614. The lowest BCUT2D eigenvalue weighted by Crippen LogP contribution is -2.47. The van der Waals surface area contributed by atoms with Crippen LogP contribution < -0.4 is 5.32 Å². The second kappa shape index (κ2) is 5.74. The van der Waals surface area contributed by atoms with Crippen molar-refractivity contribution in [2.75, 3.05) is 25.1 Å². The van der Waals surface area contributed by atoms with Gasteiger partial charge in [-0.25, -0.2) is 0 Å². The molecule has 1 spiro atoms. The van der Waals surface area contributed by atoms with Crippen molar-refractivity contribution < 1.29 is 9.47 Å². The van der Waals surface area contributed by atoms with Crippen LogP contribution in [0.2, 0.25) is 0 Å². The molecule has 0 saturated carbocycles. The van der Waals surface area contributed by atoms with Crippen LogP contribution in [0.25, 0.3) is 0 Å². The molecule has 2 heterocycles. The van der Waals surface area contributed by atoms with Crippen molar-refractivity contribution in [2.45, 2.75) is 51.2 Å². The van der Waals surface area contributed by atoms with Gasteiger partial charge in [-0.2, -0.15) is 0 Å². The van der Waals surface area contributed by atoms with Gasteiger partial charge in [0.25, 0.3) is 0 Å². The van der Waals surface area contributed by atoms with Gasteiger partial charge in [-0.3, -0.25) is 0 Å². The molecule has 0 bridgehead atoms. The number of hydrogen-bond acceptors (Lipinski definition) is 3. The molecule has 1 aromatic rings. The van der Waals surface area contributed by atoms with Gasteiger partial charge in [0.1, 0.15) is 0 Å². The molecule has 110 valence electrons. The van der Waals surface area contributed by atoms with Crippen LogP contribution >= 0.6 is 0 Å². The molecule has 0 aromatic heterocycles. The summed E-state index contributed by atoms with van der Waals surface area (Å²) in [6.45, 7) is 6.92. The van der Waals surface area contributed by atoms with E-state index in [2.05, 4.69) is 37.4 Å². The first-order valence-corrected chi connectivity index (χ1v) is 7.73. The predicted octanol–water partition coefficient (Wildman–Crippen LogP) is 3.44. The number of nitrogens with one attached hydrogen (secondary N) is 1. The molecule has 1 unspecified atom stereocenters. The molecule has 2 fully saturated rings. The lowest BCUT2D eigenvalue weighted by Gasteiger charge is -2.43. The largest absolute Gasteiger partial charge is 0.382 e. The zero-order chi connectivity index (χ0) is 14.0. The lowest BCUT2D eigenvalue weighted by molar-refractivity contribution is -0.135. The summed E-state index contributed by atoms with van der Waals surface area (Å²) in [5.41, 5.74) is 4.05. The van der Waals surface area contributed by atoms with E-state index in [1.165, 1.54) is 16.8 Å². The summed E-state index contributed by atoms with van der Waals surface area (Å²) < 4.78 is 11.6. The third-order valence-electron chi connectivity index (χ3n) is 4.86. The third-order valence-corrected chi connectivity index (χ3v) is 4.86. The zero-order valence-corrected chi connectivity index (χ0v) is 12.6. The van der Waals surface area contributed by atoms with Gasteiger partial charge in [0.15, 0.2) is 0 Å². The van der Waals surface area contributed by atoms with Gasteiger partial charge in [0.05, 0.1) is 5.60 Å². The average molecular weight is 275 g/mol. The van der Waals surface area contributed by atoms with Crippen LogP contribution in [-0.2, 0) is 9.47 Å². The van der Waals surface area contributed by atoms with Gasteiger partial charge >= 0.3 is 0 Å². The van der Waals surface area contributed by atoms with Crippen molar-refractivity contribution in [3.63, 3.8) is 0 Å². The highest BCUT2D eigenvalue weighted by Gasteiger charge is 2.39. The second-order valence-corrected chi connectivity index (χ2v) is 6.23. The van der Waals surface area contributed by atoms with Crippen LogP contribution in [0, 0.1) is 13.8 Å². The number of ether oxygens (including phenoxy) is 2. The first kappa shape index (κ1) is 13.9. The van der Waals surface area contributed by atoms with Gasteiger partial charge in [-0.15, -0.1) is 0 Å². The number of hydrogen-bond donors (Lipinski definition) is 1. The molecule has 1 N–H and O–H groups in total. The average Bonchev–Trinajstić information content (AvgIpc) is 2.45. The normalized spacial score (nSPS) is 25.6. The van der Waals surface area contributed by atoms with Gasteiger partial charge in [0, 0.05) is 31.5 Å². The van der Waals surface area contributed by atoms with Gasteiger partial charge in [0.2, 0.25) is 0 Å². The third kappa shape index (κ3) is 2.84. The Morgan fingerprint density at radius 3 is 2.75 bits per heavy atom. The lowest BCUT2D eigenvalue weighted by atomic mass is 9.84. The molecule has 0 radical (unpaired) electrons. The van der Waals surface area contributed by atoms with Crippen molar-refractivity contribution in [3.05, 3.63) is 29.3 Å². The maximum absolute atomic E-state index is 6.11. The summed E-state index contributed by atoms with van der Waals surface area (Å²) in [5.74, 6) is 0. The Kier molecular flexibility index (Phi) is 3.99. The molecule has 2 saturated heterocycles. The highest BCUT2D eigenvalue weighted by Crippen LogP contribution is 2.35. The zero-order valence-electron chi connectivity index (χ0n) is 12.6. The summed E-state index contributed by atoms with van der Waals surface area (Å²) in [6, 6.07) is 7.01. The Hall–Kier alpha value is -1.06. The molecule has 0 amide bonds. The van der Waals surface area contributed by atoms with E-state index in [1.807, 2.05) is 0 Å². The maximum atomic E-state index is 6.11. The van der Waals surface area contributed by atoms with Crippen LogP contribution in [0.3, 0.4) is 0 Å². The highest BCUT2D eigenvalue weighted by molar-refractivity contribution is 5.54. The summed E-state index contributed by atoms with van der Waals surface area (Å²) >= 11 is 0. The van der Waals surface area contributed by atoms with E-state index >= 15 is 0 Å². The van der Waals surface area contributed by atoms with Crippen LogP contribution in [-0.4, -0.2) is 31.5 Å². The van der Waals surface area contributed by atoms with E-state index in [4.69, 9.17) is 9.47 Å². The Bertz CT molecular complexity index is 461.